The van der Waals surface area contributed by atoms with Crippen LogP contribution in [0.3, 0.4) is 0 Å². The van der Waals surface area contributed by atoms with Gasteiger partial charge in [-0.05, 0) is 27.7 Å². The van der Waals surface area contributed by atoms with E-state index in [0.29, 0.717) is 26.2 Å². The number of hydrogen-bond donors (Lipinski definition) is 1. The van der Waals surface area contributed by atoms with E-state index in [2.05, 4.69) is 0 Å². The summed E-state index contributed by atoms with van der Waals surface area (Å²) >= 11 is 0. The van der Waals surface area contributed by atoms with Gasteiger partial charge in [-0.3, -0.25) is 4.90 Å². The van der Waals surface area contributed by atoms with Gasteiger partial charge in [-0.2, -0.15) is 0 Å². The van der Waals surface area contributed by atoms with Crippen LogP contribution in [0.1, 0.15) is 37.9 Å². The average Bonchev–Trinajstić information content (AvgIpc) is 2.48. The molecule has 0 aliphatic carbocycles. The zero-order chi connectivity index (χ0) is 17.9. The van der Waals surface area contributed by atoms with Crippen molar-refractivity contribution in [1.82, 2.24) is 4.90 Å². The second-order valence-electron chi connectivity index (χ2n) is 7.29. The van der Waals surface area contributed by atoms with Crippen molar-refractivity contribution in [2.24, 2.45) is 0 Å². The summed E-state index contributed by atoms with van der Waals surface area (Å²) in [6.07, 6.45) is -0.345. The number of nitrogens with zero attached hydrogens (tertiary/aromatic N) is 1. The zero-order valence-electron chi connectivity index (χ0n) is 14.8. The number of piperazine rings is 1. The minimum absolute atomic E-state index is 0.345. The summed E-state index contributed by atoms with van der Waals surface area (Å²) in [6, 6.07) is 6.77. The van der Waals surface area contributed by atoms with E-state index in [1.165, 1.54) is 0 Å². The number of ether oxygens (including phenoxy) is 1. The van der Waals surface area contributed by atoms with Crippen molar-refractivity contribution < 1.29 is 24.3 Å². The fraction of sp³-hybridized carbons (Fsp3) is 0.556. The van der Waals surface area contributed by atoms with Gasteiger partial charge in [0.25, 0.3) is 0 Å². The third kappa shape index (κ3) is 4.71. The molecule has 2 rings (SSSR count). The van der Waals surface area contributed by atoms with Crippen molar-refractivity contribution >= 4 is 12.1 Å². The first-order valence-electron chi connectivity index (χ1n) is 8.27. The number of carbonyl (C=O) groups is 2. The number of nitrogens with one attached hydrogen (secondary N) is 1. The van der Waals surface area contributed by atoms with Gasteiger partial charge >= 0.3 is 6.09 Å². The van der Waals surface area contributed by atoms with Gasteiger partial charge in [-0.25, -0.2) is 4.79 Å². The molecule has 1 aromatic rings. The number of amides is 1. The fourth-order valence-electron chi connectivity index (χ4n) is 2.89. The molecular weight excluding hydrogens is 308 g/mol. The summed E-state index contributed by atoms with van der Waals surface area (Å²) in [5.74, 6) is -1.08. The normalized spacial score (nSPS) is 17.4. The van der Waals surface area contributed by atoms with Crippen molar-refractivity contribution in [2.75, 3.05) is 26.2 Å². The predicted molar refractivity (Wildman–Crippen MR) is 87.4 cm³/mol. The Morgan fingerprint density at radius 3 is 2.17 bits per heavy atom. The Hall–Kier alpha value is -2.08. The first kappa shape index (κ1) is 18.3. The molecule has 1 amide bonds. The largest absolute Gasteiger partial charge is 0.544 e. The molecule has 24 heavy (non-hydrogen) atoms. The fourth-order valence-corrected chi connectivity index (χ4v) is 2.89. The lowest BCUT2D eigenvalue weighted by molar-refractivity contribution is -0.928. The Labute approximate surface area is 143 Å². The Balaban J connectivity index is 2.02. The molecular formula is C18H26N2O4. The van der Waals surface area contributed by atoms with Gasteiger partial charge in [-0.15, -0.1) is 0 Å². The van der Waals surface area contributed by atoms with Crippen molar-refractivity contribution in [3.63, 3.8) is 0 Å². The van der Waals surface area contributed by atoms with E-state index in [4.69, 9.17) is 4.74 Å². The molecule has 0 bridgehead atoms. The standard InChI is InChI=1S/C18H26N2O4/c1-13-5-7-14(8-6-13)15(16(21)22)19-9-11-20(12-10-19)17(23)24-18(2,3)4/h5-8,15H,9-12H2,1-4H3,(H,21,22)/t15-/m0/s1. The second-order valence-corrected chi connectivity index (χ2v) is 7.29. The Morgan fingerprint density at radius 1 is 1.17 bits per heavy atom. The van der Waals surface area contributed by atoms with E-state index < -0.39 is 17.6 Å². The number of benzene rings is 1. The van der Waals surface area contributed by atoms with Crippen LogP contribution in [0.5, 0.6) is 0 Å². The molecule has 132 valence electrons. The van der Waals surface area contributed by atoms with Gasteiger partial charge in [0.2, 0.25) is 0 Å². The highest BCUT2D eigenvalue weighted by Gasteiger charge is 2.32. The molecule has 0 spiro atoms. The Bertz CT molecular complexity index is 584. The first-order chi connectivity index (χ1) is 11.2. The van der Waals surface area contributed by atoms with Crippen LogP contribution >= 0.6 is 0 Å². The molecule has 1 aromatic carbocycles. The van der Waals surface area contributed by atoms with Crippen LogP contribution < -0.4 is 10.0 Å². The van der Waals surface area contributed by atoms with Crippen LogP contribution in [-0.2, 0) is 9.53 Å². The second kappa shape index (κ2) is 7.21. The minimum Gasteiger partial charge on any atom is -0.544 e. The zero-order valence-corrected chi connectivity index (χ0v) is 14.8. The van der Waals surface area contributed by atoms with Crippen molar-refractivity contribution in [3.8, 4) is 0 Å². The molecule has 6 nitrogen and oxygen atoms in total. The quantitative estimate of drug-likeness (QED) is 0.839. The number of rotatable bonds is 3. The summed E-state index contributed by atoms with van der Waals surface area (Å²) in [7, 11) is 0. The van der Waals surface area contributed by atoms with E-state index in [9.17, 15) is 14.7 Å². The van der Waals surface area contributed by atoms with Gasteiger partial charge in [0, 0.05) is 5.56 Å². The van der Waals surface area contributed by atoms with Gasteiger partial charge in [0.1, 0.15) is 11.6 Å². The summed E-state index contributed by atoms with van der Waals surface area (Å²) < 4.78 is 5.37. The number of carboxylic acids is 1. The first-order valence-corrected chi connectivity index (χ1v) is 8.27. The molecule has 0 aromatic heterocycles. The predicted octanol–water partition coefficient (Wildman–Crippen LogP) is -0.0784. The van der Waals surface area contributed by atoms with Gasteiger partial charge in [0.15, 0.2) is 6.04 Å². The number of aliphatic carboxylic acids is 1. The van der Waals surface area contributed by atoms with E-state index in [0.717, 1.165) is 16.0 Å². The van der Waals surface area contributed by atoms with Gasteiger partial charge in [-0.1, -0.05) is 29.8 Å². The van der Waals surface area contributed by atoms with E-state index >= 15 is 0 Å². The summed E-state index contributed by atoms with van der Waals surface area (Å²) in [5, 5.41) is 11.6. The van der Waals surface area contributed by atoms with Crippen LogP contribution in [0.25, 0.3) is 0 Å². The van der Waals surface area contributed by atoms with Crippen LogP contribution in [-0.4, -0.2) is 48.7 Å². The monoisotopic (exact) mass is 334 g/mol. The Morgan fingerprint density at radius 2 is 1.71 bits per heavy atom. The summed E-state index contributed by atoms with van der Waals surface area (Å²) in [4.78, 5) is 26.3. The molecule has 1 N–H and O–H groups in total. The molecule has 1 fully saturated rings. The number of quaternary nitrogens is 1. The highest BCUT2D eigenvalue weighted by atomic mass is 16.6. The lowest BCUT2D eigenvalue weighted by Crippen LogP contribution is -3.16. The molecule has 1 aliphatic rings. The molecule has 1 heterocycles. The molecule has 0 unspecified atom stereocenters. The average molecular weight is 334 g/mol. The van der Waals surface area contributed by atoms with Crippen LogP contribution in [0, 0.1) is 6.92 Å². The van der Waals surface area contributed by atoms with Crippen molar-refractivity contribution in [1.29, 1.82) is 0 Å². The summed E-state index contributed by atoms with van der Waals surface area (Å²) in [6.45, 7) is 9.49. The van der Waals surface area contributed by atoms with Crippen LogP contribution in [0.2, 0.25) is 0 Å². The van der Waals surface area contributed by atoms with E-state index in [1.54, 1.807) is 4.90 Å². The molecule has 1 aliphatic heterocycles. The smallest absolute Gasteiger partial charge is 0.410 e. The maximum atomic E-state index is 12.1. The molecule has 0 saturated carbocycles. The maximum Gasteiger partial charge on any atom is 0.410 e. The lowest BCUT2D eigenvalue weighted by atomic mass is 10.0. The molecule has 0 radical (unpaired) electrons. The van der Waals surface area contributed by atoms with Gasteiger partial charge in [0.05, 0.1) is 26.2 Å². The van der Waals surface area contributed by atoms with Gasteiger partial charge < -0.3 is 19.5 Å². The third-order valence-electron chi connectivity index (χ3n) is 4.11. The van der Waals surface area contributed by atoms with E-state index in [-0.39, 0.29) is 6.09 Å². The number of hydrogen-bond acceptors (Lipinski definition) is 4. The van der Waals surface area contributed by atoms with Crippen LogP contribution in [0.4, 0.5) is 4.79 Å². The number of carboxylic acid groups (broad SMARTS) is 1. The number of aryl methyl sites for hydroxylation is 1. The molecule has 1 atom stereocenters. The minimum atomic E-state index is -1.08. The van der Waals surface area contributed by atoms with Crippen molar-refractivity contribution in [2.45, 2.75) is 39.3 Å². The highest BCUT2D eigenvalue weighted by Crippen LogP contribution is 2.13. The Kier molecular flexibility index (Phi) is 5.49. The van der Waals surface area contributed by atoms with Crippen molar-refractivity contribution in [3.05, 3.63) is 35.4 Å². The highest BCUT2D eigenvalue weighted by molar-refractivity contribution is 5.72. The molecule has 1 saturated heterocycles. The van der Waals surface area contributed by atoms with Crippen LogP contribution in [0.15, 0.2) is 24.3 Å². The third-order valence-corrected chi connectivity index (χ3v) is 4.11. The summed E-state index contributed by atoms with van der Waals surface area (Å²) in [5.41, 5.74) is 1.29. The molecule has 6 heteroatoms. The maximum absolute atomic E-state index is 12.1. The lowest BCUT2D eigenvalue weighted by Gasteiger charge is -2.37. The topological polar surface area (TPSA) is 74.1 Å². The number of carbonyl (C=O) groups excluding carboxylic acids is 2. The van der Waals surface area contributed by atoms with E-state index in [1.807, 2.05) is 52.0 Å². The SMILES string of the molecule is Cc1ccc([C@@H](C(=O)[O-])[NH+]2CCN(C(=O)OC(C)(C)C)CC2)cc1.